The molecule has 2 fully saturated rings. The SMILES string of the molecule is Cc1c(C(=O)Nc2ccc(N3CCCS3(=O)=O)cc2)cccc1N1CCOCC1. The summed E-state index contributed by atoms with van der Waals surface area (Å²) in [6.07, 6.45) is 0.638. The number of benzene rings is 2. The van der Waals surface area contributed by atoms with Crippen LogP contribution in [-0.4, -0.2) is 52.9 Å². The number of carbonyl (C=O) groups is 1. The second-order valence-electron chi connectivity index (χ2n) is 7.29. The lowest BCUT2D eigenvalue weighted by Crippen LogP contribution is -2.36. The predicted molar refractivity (Wildman–Crippen MR) is 114 cm³/mol. The van der Waals surface area contributed by atoms with Crippen molar-refractivity contribution < 1.29 is 17.9 Å². The molecule has 4 rings (SSSR count). The molecule has 1 amide bonds. The molecule has 0 spiro atoms. The highest BCUT2D eigenvalue weighted by molar-refractivity contribution is 7.93. The molecular weight excluding hydrogens is 390 g/mol. The van der Waals surface area contributed by atoms with Gasteiger partial charge in [0.1, 0.15) is 0 Å². The Kier molecular flexibility index (Phi) is 5.47. The van der Waals surface area contributed by atoms with Gasteiger partial charge in [0.2, 0.25) is 10.0 Å². The molecule has 2 aliphatic rings. The van der Waals surface area contributed by atoms with E-state index < -0.39 is 10.0 Å². The van der Waals surface area contributed by atoms with Crippen molar-refractivity contribution in [2.75, 3.05) is 53.1 Å². The first-order valence-corrected chi connectivity index (χ1v) is 11.4. The maximum absolute atomic E-state index is 12.9. The first-order valence-electron chi connectivity index (χ1n) is 9.80. The van der Waals surface area contributed by atoms with Crippen molar-refractivity contribution in [3.05, 3.63) is 53.6 Å². The molecule has 0 aliphatic carbocycles. The Balaban J connectivity index is 1.49. The van der Waals surface area contributed by atoms with E-state index in [0.717, 1.165) is 24.3 Å². The van der Waals surface area contributed by atoms with Gasteiger partial charge in [-0.2, -0.15) is 0 Å². The molecule has 154 valence electrons. The van der Waals surface area contributed by atoms with Gasteiger partial charge in [0.15, 0.2) is 0 Å². The summed E-state index contributed by atoms with van der Waals surface area (Å²) in [4.78, 5) is 15.1. The summed E-state index contributed by atoms with van der Waals surface area (Å²) < 4.78 is 30.9. The Morgan fingerprint density at radius 3 is 2.41 bits per heavy atom. The molecule has 1 N–H and O–H groups in total. The van der Waals surface area contributed by atoms with Crippen LogP contribution in [0.25, 0.3) is 0 Å². The van der Waals surface area contributed by atoms with Crippen LogP contribution < -0.4 is 14.5 Å². The van der Waals surface area contributed by atoms with Crippen molar-refractivity contribution in [2.24, 2.45) is 0 Å². The number of morpholine rings is 1. The lowest BCUT2D eigenvalue weighted by atomic mass is 10.0. The van der Waals surface area contributed by atoms with E-state index in [2.05, 4.69) is 10.2 Å². The maximum atomic E-state index is 12.9. The molecule has 0 radical (unpaired) electrons. The van der Waals surface area contributed by atoms with Gasteiger partial charge in [-0.05, 0) is 55.3 Å². The second-order valence-corrected chi connectivity index (χ2v) is 9.30. The molecule has 7 nitrogen and oxygen atoms in total. The minimum absolute atomic E-state index is 0.181. The summed E-state index contributed by atoms with van der Waals surface area (Å²) in [6, 6.07) is 12.7. The van der Waals surface area contributed by atoms with Crippen LogP contribution in [0.1, 0.15) is 22.3 Å². The summed E-state index contributed by atoms with van der Waals surface area (Å²) in [5.41, 5.74) is 3.87. The van der Waals surface area contributed by atoms with Crippen molar-refractivity contribution >= 4 is 33.0 Å². The van der Waals surface area contributed by atoms with E-state index >= 15 is 0 Å². The van der Waals surface area contributed by atoms with E-state index in [1.54, 1.807) is 24.3 Å². The van der Waals surface area contributed by atoms with Gasteiger partial charge in [0, 0.05) is 36.6 Å². The highest BCUT2D eigenvalue weighted by Gasteiger charge is 2.28. The van der Waals surface area contributed by atoms with Gasteiger partial charge in [0.25, 0.3) is 5.91 Å². The topological polar surface area (TPSA) is 79.0 Å². The number of hydrogen-bond acceptors (Lipinski definition) is 5. The van der Waals surface area contributed by atoms with E-state index in [4.69, 9.17) is 4.74 Å². The van der Waals surface area contributed by atoms with E-state index in [0.29, 0.717) is 43.1 Å². The largest absolute Gasteiger partial charge is 0.378 e. The zero-order chi connectivity index (χ0) is 20.4. The molecule has 0 bridgehead atoms. The smallest absolute Gasteiger partial charge is 0.256 e. The number of rotatable bonds is 4. The Morgan fingerprint density at radius 1 is 1.03 bits per heavy atom. The minimum atomic E-state index is -3.21. The molecule has 0 atom stereocenters. The third kappa shape index (κ3) is 4.09. The quantitative estimate of drug-likeness (QED) is 0.831. The summed E-state index contributed by atoms with van der Waals surface area (Å²) in [5, 5.41) is 2.92. The lowest BCUT2D eigenvalue weighted by Gasteiger charge is -2.30. The summed E-state index contributed by atoms with van der Waals surface area (Å²) in [5.74, 6) is 0.00343. The van der Waals surface area contributed by atoms with Gasteiger partial charge in [0.05, 0.1) is 24.7 Å². The van der Waals surface area contributed by atoms with Crippen molar-refractivity contribution in [3.63, 3.8) is 0 Å². The van der Waals surface area contributed by atoms with Gasteiger partial charge in [-0.1, -0.05) is 6.07 Å². The molecule has 2 saturated heterocycles. The maximum Gasteiger partial charge on any atom is 0.256 e. The molecule has 2 aliphatic heterocycles. The zero-order valence-corrected chi connectivity index (χ0v) is 17.2. The lowest BCUT2D eigenvalue weighted by molar-refractivity contribution is 0.102. The monoisotopic (exact) mass is 415 g/mol. The molecule has 0 aromatic heterocycles. The Hall–Kier alpha value is -2.58. The van der Waals surface area contributed by atoms with Crippen molar-refractivity contribution in [3.8, 4) is 0 Å². The first-order chi connectivity index (χ1) is 14.0. The van der Waals surface area contributed by atoms with E-state index in [9.17, 15) is 13.2 Å². The first kappa shape index (κ1) is 19.7. The van der Waals surface area contributed by atoms with Gasteiger partial charge in [-0.15, -0.1) is 0 Å². The third-order valence-corrected chi connectivity index (χ3v) is 7.28. The molecule has 0 saturated carbocycles. The molecule has 8 heteroatoms. The van der Waals surface area contributed by atoms with E-state index in [1.807, 2.05) is 25.1 Å². The van der Waals surface area contributed by atoms with Crippen LogP contribution in [0.3, 0.4) is 0 Å². The average molecular weight is 416 g/mol. The number of hydrogen-bond donors (Lipinski definition) is 1. The minimum Gasteiger partial charge on any atom is -0.378 e. The van der Waals surface area contributed by atoms with Gasteiger partial charge < -0.3 is 15.0 Å². The van der Waals surface area contributed by atoms with Gasteiger partial charge >= 0.3 is 0 Å². The number of carbonyl (C=O) groups excluding carboxylic acids is 1. The summed E-state index contributed by atoms with van der Waals surface area (Å²) in [7, 11) is -3.21. The Morgan fingerprint density at radius 2 is 1.76 bits per heavy atom. The average Bonchev–Trinajstić information content (AvgIpc) is 3.08. The van der Waals surface area contributed by atoms with Gasteiger partial charge in [-0.25, -0.2) is 8.42 Å². The Labute approximate surface area is 171 Å². The van der Waals surface area contributed by atoms with Crippen LogP contribution in [0.15, 0.2) is 42.5 Å². The van der Waals surface area contributed by atoms with Crippen molar-refractivity contribution in [1.29, 1.82) is 0 Å². The third-order valence-electron chi connectivity index (χ3n) is 5.41. The second kappa shape index (κ2) is 8.04. The Bertz CT molecular complexity index is 999. The van der Waals surface area contributed by atoms with Crippen LogP contribution in [0.5, 0.6) is 0 Å². The number of anilines is 3. The fourth-order valence-electron chi connectivity index (χ4n) is 3.86. The highest BCUT2D eigenvalue weighted by atomic mass is 32.2. The van der Waals surface area contributed by atoms with Crippen LogP contribution in [0.2, 0.25) is 0 Å². The van der Waals surface area contributed by atoms with Crippen LogP contribution >= 0.6 is 0 Å². The van der Waals surface area contributed by atoms with Crippen LogP contribution in [0.4, 0.5) is 17.1 Å². The molecule has 2 aromatic rings. The molecule has 29 heavy (non-hydrogen) atoms. The number of nitrogens with one attached hydrogen (secondary N) is 1. The van der Waals surface area contributed by atoms with Crippen molar-refractivity contribution in [1.82, 2.24) is 0 Å². The molecule has 2 aromatic carbocycles. The molecular formula is C21H25N3O4S. The molecule has 0 unspecified atom stereocenters. The fourth-order valence-corrected chi connectivity index (χ4v) is 5.42. The van der Waals surface area contributed by atoms with Crippen molar-refractivity contribution in [2.45, 2.75) is 13.3 Å². The standard InChI is InChI=1S/C21H25N3O4S/c1-16-19(4-2-5-20(16)23-11-13-28-14-12-23)21(25)22-17-6-8-18(9-7-17)24-10-3-15-29(24,26)27/h2,4-9H,3,10-15H2,1H3,(H,22,25). The number of amides is 1. The number of sulfonamides is 1. The van der Waals surface area contributed by atoms with Gasteiger partial charge in [-0.3, -0.25) is 9.10 Å². The predicted octanol–water partition coefficient (Wildman–Crippen LogP) is 2.62. The zero-order valence-electron chi connectivity index (χ0n) is 16.4. The van der Waals surface area contributed by atoms with E-state index in [1.165, 1.54) is 4.31 Å². The summed E-state index contributed by atoms with van der Waals surface area (Å²) >= 11 is 0. The van der Waals surface area contributed by atoms with E-state index in [-0.39, 0.29) is 11.7 Å². The van der Waals surface area contributed by atoms with Crippen LogP contribution in [0, 0.1) is 6.92 Å². The summed E-state index contributed by atoms with van der Waals surface area (Å²) in [6.45, 7) is 5.46. The fraction of sp³-hybridized carbons (Fsp3) is 0.381. The highest BCUT2D eigenvalue weighted by Crippen LogP contribution is 2.27. The number of ether oxygens (including phenoxy) is 1. The normalized spacial score (nSPS) is 18.7. The van der Waals surface area contributed by atoms with Crippen LogP contribution in [-0.2, 0) is 14.8 Å². The number of nitrogens with zero attached hydrogens (tertiary/aromatic N) is 2. The molecule has 2 heterocycles.